The van der Waals surface area contributed by atoms with Crippen molar-refractivity contribution < 1.29 is 33.7 Å². The number of hydrogen-bond donors (Lipinski definition) is 2. The van der Waals surface area contributed by atoms with Crippen LogP contribution in [-0.4, -0.2) is 67.5 Å². The highest BCUT2D eigenvalue weighted by atomic mass is 35.5. The van der Waals surface area contributed by atoms with Crippen LogP contribution in [0.3, 0.4) is 0 Å². The molecule has 0 aliphatic carbocycles. The predicted molar refractivity (Wildman–Crippen MR) is 150 cm³/mol. The summed E-state index contributed by atoms with van der Waals surface area (Å²) in [6.45, 7) is 0.422. The first kappa shape index (κ1) is 28.9. The molecular weight excluding hydrogens is 567 g/mol. The van der Waals surface area contributed by atoms with Crippen molar-refractivity contribution >= 4 is 29.3 Å². The maximum absolute atomic E-state index is 14.6. The number of halogens is 2. The molecule has 1 aliphatic heterocycles. The first-order valence-electron chi connectivity index (χ1n) is 13.2. The fraction of sp³-hybridized carbons (Fsp3) is 0.233. The van der Waals surface area contributed by atoms with E-state index in [1.54, 1.807) is 36.4 Å². The highest BCUT2D eigenvalue weighted by Crippen LogP contribution is 2.37. The Morgan fingerprint density at radius 3 is 2.57 bits per heavy atom. The zero-order valence-corrected chi connectivity index (χ0v) is 23.0. The third-order valence-corrected chi connectivity index (χ3v) is 7.27. The molecule has 12 heteroatoms. The van der Waals surface area contributed by atoms with Crippen LogP contribution in [0.4, 0.5) is 4.39 Å². The first-order chi connectivity index (χ1) is 20.3. The van der Waals surface area contributed by atoms with Crippen molar-refractivity contribution in [3.05, 3.63) is 106 Å². The predicted octanol–water partition coefficient (Wildman–Crippen LogP) is 4.07. The monoisotopic (exact) mass is 592 g/mol. The number of nitrogens with zero attached hydrogens (tertiary/aromatic N) is 4. The van der Waals surface area contributed by atoms with E-state index in [1.807, 2.05) is 0 Å². The van der Waals surface area contributed by atoms with Gasteiger partial charge in [0.05, 0.1) is 23.4 Å². The Bertz CT molecular complexity index is 1640. The number of carbonyl (C=O) groups is 3. The zero-order chi connectivity index (χ0) is 29.8. The molecule has 3 aromatic carbocycles. The van der Waals surface area contributed by atoms with E-state index in [9.17, 15) is 23.9 Å². The highest BCUT2D eigenvalue weighted by Gasteiger charge is 2.38. The lowest BCUT2D eigenvalue weighted by molar-refractivity contribution is -0.123. The van der Waals surface area contributed by atoms with E-state index >= 15 is 0 Å². The minimum absolute atomic E-state index is 0.0140. The van der Waals surface area contributed by atoms with Crippen LogP contribution in [0.25, 0.3) is 5.69 Å². The number of aliphatic hydroxyl groups is 1. The summed E-state index contributed by atoms with van der Waals surface area (Å²) in [6, 6.07) is 14.6. The number of ketones is 1. The molecular formula is C30H26ClFN4O6. The summed E-state index contributed by atoms with van der Waals surface area (Å²) in [6.07, 6.45) is 2.05. The summed E-state index contributed by atoms with van der Waals surface area (Å²) in [5.41, 5.74) is 1.98. The third-order valence-electron chi connectivity index (χ3n) is 6.97. The van der Waals surface area contributed by atoms with Gasteiger partial charge in [0, 0.05) is 31.6 Å². The normalized spacial score (nSPS) is 14.4. The summed E-state index contributed by atoms with van der Waals surface area (Å²) < 4.78 is 21.6. The van der Waals surface area contributed by atoms with Crippen molar-refractivity contribution in [2.75, 3.05) is 19.8 Å². The molecule has 0 radical (unpaired) electrons. The Morgan fingerprint density at radius 2 is 1.83 bits per heavy atom. The van der Waals surface area contributed by atoms with Crippen molar-refractivity contribution in [2.24, 2.45) is 0 Å². The molecule has 216 valence electrons. The molecule has 10 nitrogen and oxygen atoms in total. The van der Waals surface area contributed by atoms with Gasteiger partial charge < -0.3 is 19.8 Å². The Morgan fingerprint density at radius 1 is 1.07 bits per heavy atom. The maximum Gasteiger partial charge on any atom is 0.335 e. The lowest BCUT2D eigenvalue weighted by Crippen LogP contribution is -2.44. The molecule has 1 atom stereocenters. The van der Waals surface area contributed by atoms with Gasteiger partial charge in [-0.3, -0.25) is 9.59 Å². The SMILES string of the molecule is O=C(O)c1ccc(CC(=O)C2c3cccc(OCCCO)c3CCN2C(=O)c2cn(-c3cccc(Cl)c3F)nn2)cc1. The number of aromatic nitrogens is 3. The molecule has 4 aromatic rings. The number of benzene rings is 3. The number of fused-ring (bicyclic) bond motifs is 1. The van der Waals surface area contributed by atoms with Gasteiger partial charge in [0.15, 0.2) is 17.3 Å². The first-order valence-corrected chi connectivity index (χ1v) is 13.5. The van der Waals surface area contributed by atoms with Gasteiger partial charge >= 0.3 is 5.97 Å². The zero-order valence-electron chi connectivity index (χ0n) is 22.2. The number of ether oxygens (including phenoxy) is 1. The number of amides is 1. The van der Waals surface area contributed by atoms with Gasteiger partial charge in [-0.15, -0.1) is 5.10 Å². The van der Waals surface area contributed by atoms with Crippen LogP contribution < -0.4 is 4.74 Å². The van der Waals surface area contributed by atoms with Gasteiger partial charge in [-0.2, -0.15) is 0 Å². The van der Waals surface area contributed by atoms with E-state index in [0.29, 0.717) is 29.7 Å². The third kappa shape index (κ3) is 5.88. The maximum atomic E-state index is 14.6. The number of rotatable bonds is 10. The van der Waals surface area contributed by atoms with Crippen LogP contribution in [-0.2, 0) is 17.6 Å². The number of aromatic carboxylic acids is 1. The lowest BCUT2D eigenvalue weighted by Gasteiger charge is -2.36. The summed E-state index contributed by atoms with van der Waals surface area (Å²) in [4.78, 5) is 40.4. The van der Waals surface area contributed by atoms with Crippen molar-refractivity contribution in [2.45, 2.75) is 25.3 Å². The van der Waals surface area contributed by atoms with Crippen molar-refractivity contribution in [1.82, 2.24) is 19.9 Å². The van der Waals surface area contributed by atoms with Crippen molar-refractivity contribution in [1.29, 1.82) is 0 Å². The molecule has 0 spiro atoms. The van der Waals surface area contributed by atoms with Gasteiger partial charge in [-0.1, -0.05) is 47.1 Å². The van der Waals surface area contributed by atoms with Crippen LogP contribution in [0.1, 0.15) is 50.0 Å². The Hall–Kier alpha value is -4.61. The standard InChI is InChI=1S/C30H26ClFN4O6/c31-22-5-2-6-24(27(22)32)36-17-23(33-34-36)29(39)35-13-12-20-21(4-1-7-26(20)42-15-3-14-37)28(35)25(38)16-18-8-10-19(11-9-18)30(40)41/h1-2,4-11,17,28,37H,3,12-16H2,(H,40,41). The summed E-state index contributed by atoms with van der Waals surface area (Å²) >= 11 is 5.90. The van der Waals surface area contributed by atoms with E-state index in [0.717, 1.165) is 10.2 Å². The van der Waals surface area contributed by atoms with Gasteiger partial charge in [0.1, 0.15) is 17.5 Å². The molecule has 2 N–H and O–H groups in total. The average molecular weight is 593 g/mol. The number of carboxylic acid groups (broad SMARTS) is 1. The summed E-state index contributed by atoms with van der Waals surface area (Å²) in [7, 11) is 0. The van der Waals surface area contributed by atoms with E-state index in [1.165, 1.54) is 35.4 Å². The topological polar surface area (TPSA) is 135 Å². The van der Waals surface area contributed by atoms with Crippen LogP contribution >= 0.6 is 11.6 Å². The minimum Gasteiger partial charge on any atom is -0.493 e. The molecule has 0 bridgehead atoms. The molecule has 0 saturated carbocycles. The Kier molecular flexibility index (Phi) is 8.60. The largest absolute Gasteiger partial charge is 0.493 e. The summed E-state index contributed by atoms with van der Waals surface area (Å²) in [5.74, 6) is -2.09. The molecule has 0 saturated heterocycles. The van der Waals surface area contributed by atoms with E-state index in [2.05, 4.69) is 10.3 Å². The van der Waals surface area contributed by atoms with Crippen LogP contribution in [0.5, 0.6) is 5.75 Å². The second-order valence-corrected chi connectivity index (χ2v) is 10.1. The molecule has 0 fully saturated rings. The van der Waals surface area contributed by atoms with Gasteiger partial charge in [0.25, 0.3) is 5.91 Å². The average Bonchev–Trinajstić information content (AvgIpc) is 3.48. The fourth-order valence-electron chi connectivity index (χ4n) is 4.94. The quantitative estimate of drug-likeness (QED) is 0.263. The Balaban J connectivity index is 1.49. The van der Waals surface area contributed by atoms with E-state index in [-0.39, 0.29) is 53.9 Å². The number of carboxylic acids is 1. The lowest BCUT2D eigenvalue weighted by atomic mass is 9.87. The van der Waals surface area contributed by atoms with Gasteiger partial charge in [0.2, 0.25) is 0 Å². The molecule has 42 heavy (non-hydrogen) atoms. The molecule has 1 aliphatic rings. The second kappa shape index (κ2) is 12.5. The summed E-state index contributed by atoms with van der Waals surface area (Å²) in [5, 5.41) is 26.1. The molecule has 5 rings (SSSR count). The molecule has 1 unspecified atom stereocenters. The molecule has 1 amide bonds. The van der Waals surface area contributed by atoms with E-state index < -0.39 is 23.7 Å². The van der Waals surface area contributed by atoms with Crippen LogP contribution in [0.2, 0.25) is 5.02 Å². The van der Waals surface area contributed by atoms with E-state index in [4.69, 9.17) is 21.4 Å². The number of carbonyl (C=O) groups excluding carboxylic acids is 2. The molecule has 2 heterocycles. The van der Waals surface area contributed by atoms with Crippen LogP contribution in [0.15, 0.2) is 66.9 Å². The number of Topliss-reactive ketones (excluding diaryl/α,β-unsaturated/α-hetero) is 1. The smallest absolute Gasteiger partial charge is 0.335 e. The van der Waals surface area contributed by atoms with Gasteiger partial charge in [-0.25, -0.2) is 13.9 Å². The number of hydrogen-bond acceptors (Lipinski definition) is 7. The second-order valence-electron chi connectivity index (χ2n) is 9.67. The van der Waals surface area contributed by atoms with Crippen LogP contribution in [0, 0.1) is 5.82 Å². The fourth-order valence-corrected chi connectivity index (χ4v) is 5.11. The molecule has 1 aromatic heterocycles. The van der Waals surface area contributed by atoms with Gasteiger partial charge in [-0.05, 0) is 47.9 Å². The van der Waals surface area contributed by atoms with Crippen molar-refractivity contribution in [3.8, 4) is 11.4 Å². The van der Waals surface area contributed by atoms with Crippen molar-refractivity contribution in [3.63, 3.8) is 0 Å². The minimum atomic E-state index is -1.08. The highest BCUT2D eigenvalue weighted by molar-refractivity contribution is 6.30. The number of aliphatic hydroxyl groups excluding tert-OH is 1. The Labute approximate surface area is 244 Å².